The molecule has 1 N–H and O–H groups in total. The van der Waals surface area contributed by atoms with Gasteiger partial charge in [0.05, 0.1) is 11.4 Å². The Labute approximate surface area is 182 Å². The number of amides is 1. The first-order chi connectivity index (χ1) is 14.1. The molecule has 0 aliphatic carbocycles. The fourth-order valence-electron chi connectivity index (χ4n) is 2.85. The van der Waals surface area contributed by atoms with Crippen molar-refractivity contribution in [3.8, 4) is 0 Å². The number of rotatable bonds is 6. The van der Waals surface area contributed by atoms with Gasteiger partial charge in [-0.2, -0.15) is 0 Å². The average Bonchev–Trinajstić information content (AvgIpc) is 3.03. The van der Waals surface area contributed by atoms with Gasteiger partial charge in [-0.25, -0.2) is 9.97 Å². The second kappa shape index (κ2) is 8.98. The van der Waals surface area contributed by atoms with Crippen molar-refractivity contribution in [3.63, 3.8) is 0 Å². The number of hydrogen-bond acceptors (Lipinski definition) is 6. The summed E-state index contributed by atoms with van der Waals surface area (Å²) >= 11 is 4.75. The third kappa shape index (κ3) is 4.63. The number of hydrogen-bond donors (Lipinski definition) is 1. The zero-order chi connectivity index (χ0) is 20.2. The number of fused-ring (bicyclic) bond motifs is 1. The van der Waals surface area contributed by atoms with E-state index in [0.717, 1.165) is 30.7 Å². The molecule has 0 saturated heterocycles. The number of carbonyl (C=O) groups is 1. The first-order valence-corrected chi connectivity index (χ1v) is 11.7. The molecular weight excluding hydrogens is 418 g/mol. The molecule has 2 aromatic heterocycles. The van der Waals surface area contributed by atoms with Gasteiger partial charge in [0.15, 0.2) is 0 Å². The fraction of sp³-hybridized carbons (Fsp3) is 0.136. The Morgan fingerprint density at radius 1 is 1.03 bits per heavy atom. The lowest BCUT2D eigenvalue weighted by molar-refractivity contribution is -0.113. The number of thioether (sulfide) groups is 1. The van der Waals surface area contributed by atoms with E-state index in [4.69, 9.17) is 0 Å². The van der Waals surface area contributed by atoms with Crippen LogP contribution in [0.2, 0.25) is 0 Å². The monoisotopic (exact) mass is 437 g/mol. The topological polar surface area (TPSA) is 54.9 Å². The zero-order valence-corrected chi connectivity index (χ0v) is 18.5. The summed E-state index contributed by atoms with van der Waals surface area (Å²) in [7, 11) is 0. The van der Waals surface area contributed by atoms with Gasteiger partial charge >= 0.3 is 0 Å². The number of benzene rings is 2. The molecule has 146 valence electrons. The Morgan fingerprint density at radius 2 is 1.79 bits per heavy atom. The van der Waals surface area contributed by atoms with Crippen LogP contribution in [0, 0.1) is 13.8 Å². The minimum atomic E-state index is -0.0486. The molecule has 0 spiro atoms. The van der Waals surface area contributed by atoms with Gasteiger partial charge in [0.2, 0.25) is 5.91 Å². The maximum Gasteiger partial charge on any atom is 0.234 e. The Hall–Kier alpha value is -2.35. The lowest BCUT2D eigenvalue weighted by Crippen LogP contribution is -2.14. The van der Waals surface area contributed by atoms with Crippen LogP contribution in [0.5, 0.6) is 0 Å². The van der Waals surface area contributed by atoms with E-state index in [-0.39, 0.29) is 5.91 Å². The van der Waals surface area contributed by atoms with E-state index in [1.807, 2.05) is 42.5 Å². The highest BCUT2D eigenvalue weighted by Gasteiger charge is 2.14. The summed E-state index contributed by atoms with van der Waals surface area (Å²) in [6.07, 6.45) is 1.57. The van der Waals surface area contributed by atoms with Gasteiger partial charge in [0.25, 0.3) is 0 Å². The largest absolute Gasteiger partial charge is 0.324 e. The third-order valence-electron chi connectivity index (χ3n) is 4.40. The molecule has 0 unspecified atom stereocenters. The van der Waals surface area contributed by atoms with Crippen LogP contribution in [0.4, 0.5) is 5.69 Å². The minimum Gasteiger partial charge on any atom is -0.324 e. The second-order valence-electron chi connectivity index (χ2n) is 6.39. The van der Waals surface area contributed by atoms with Crippen LogP contribution in [0.15, 0.2) is 75.7 Å². The van der Waals surface area contributed by atoms with Crippen LogP contribution >= 0.6 is 34.9 Å². The Bertz CT molecular complexity index is 1160. The Kier molecular flexibility index (Phi) is 6.18. The number of carbonyl (C=O) groups excluding carboxylic acids is 1. The molecule has 29 heavy (non-hydrogen) atoms. The van der Waals surface area contributed by atoms with E-state index in [2.05, 4.69) is 41.3 Å². The van der Waals surface area contributed by atoms with Crippen molar-refractivity contribution in [2.75, 3.05) is 11.1 Å². The van der Waals surface area contributed by atoms with Crippen molar-refractivity contribution in [2.24, 2.45) is 0 Å². The Morgan fingerprint density at radius 3 is 2.62 bits per heavy atom. The van der Waals surface area contributed by atoms with Gasteiger partial charge in [-0.05, 0) is 43.7 Å². The molecule has 4 aromatic rings. The first kappa shape index (κ1) is 19.9. The number of aromatic nitrogens is 2. The summed E-state index contributed by atoms with van der Waals surface area (Å²) in [5.41, 5.74) is 2.01. The molecular formula is C22H19N3OS3. The van der Waals surface area contributed by atoms with E-state index in [1.54, 1.807) is 29.4 Å². The summed E-state index contributed by atoms with van der Waals surface area (Å²) in [6, 6.07) is 18.0. The Balaban J connectivity index is 1.46. The van der Waals surface area contributed by atoms with Crippen molar-refractivity contribution in [3.05, 3.63) is 71.4 Å². The maximum atomic E-state index is 12.6. The average molecular weight is 438 g/mol. The lowest BCUT2D eigenvalue weighted by Gasteiger charge is -2.11. The van der Waals surface area contributed by atoms with Gasteiger partial charge in [0, 0.05) is 20.1 Å². The number of aryl methyl sites for hydroxylation is 2. The van der Waals surface area contributed by atoms with Crippen LogP contribution in [0.1, 0.15) is 10.4 Å². The highest BCUT2D eigenvalue weighted by Crippen LogP contribution is 2.35. The van der Waals surface area contributed by atoms with Crippen molar-refractivity contribution in [2.45, 2.75) is 28.7 Å². The molecule has 0 saturated carbocycles. The number of nitrogens with zero attached hydrogens (tertiary/aromatic N) is 2. The summed E-state index contributed by atoms with van der Waals surface area (Å²) in [4.78, 5) is 25.8. The van der Waals surface area contributed by atoms with Gasteiger partial charge < -0.3 is 5.32 Å². The van der Waals surface area contributed by atoms with Crippen LogP contribution in [-0.4, -0.2) is 21.6 Å². The molecule has 7 heteroatoms. The molecule has 0 aliphatic rings. The normalized spacial score (nSPS) is 11.0. The van der Waals surface area contributed by atoms with Crippen molar-refractivity contribution >= 4 is 56.7 Å². The van der Waals surface area contributed by atoms with E-state index in [0.29, 0.717) is 5.75 Å². The summed E-state index contributed by atoms with van der Waals surface area (Å²) < 4.78 is 0. The molecule has 1 amide bonds. The van der Waals surface area contributed by atoms with Gasteiger partial charge in [-0.3, -0.25) is 4.79 Å². The minimum absolute atomic E-state index is 0.0486. The van der Waals surface area contributed by atoms with Crippen molar-refractivity contribution < 1.29 is 4.79 Å². The molecule has 0 aliphatic heterocycles. The summed E-state index contributed by atoms with van der Waals surface area (Å²) in [5, 5.41) is 4.97. The number of para-hydroxylation sites is 1. The van der Waals surface area contributed by atoms with Gasteiger partial charge in [0.1, 0.15) is 16.2 Å². The number of nitrogens with one attached hydrogen (secondary N) is 1. The second-order valence-corrected chi connectivity index (χ2v) is 9.67. The van der Waals surface area contributed by atoms with E-state index in [1.165, 1.54) is 22.2 Å². The van der Waals surface area contributed by atoms with Crippen molar-refractivity contribution in [1.29, 1.82) is 0 Å². The maximum absolute atomic E-state index is 12.6. The lowest BCUT2D eigenvalue weighted by atomic mass is 10.2. The molecule has 4 nitrogen and oxygen atoms in total. The zero-order valence-electron chi connectivity index (χ0n) is 16.0. The number of thiophene rings is 1. The standard InChI is InChI=1S/C22H19N3OS3/c1-14-15(2)28-22-20(14)21(23-13-24-22)27-12-19(26)25-17-10-6-7-11-18(17)29-16-8-4-3-5-9-16/h3-11,13H,12H2,1-2H3,(H,25,26). The highest BCUT2D eigenvalue weighted by atomic mass is 32.2. The SMILES string of the molecule is Cc1sc2ncnc(SCC(=O)Nc3ccccc3Sc3ccccc3)c2c1C. The third-order valence-corrected chi connectivity index (χ3v) is 7.59. The highest BCUT2D eigenvalue weighted by molar-refractivity contribution is 8.00. The van der Waals surface area contributed by atoms with Crippen LogP contribution in [0.3, 0.4) is 0 Å². The van der Waals surface area contributed by atoms with E-state index in [9.17, 15) is 4.79 Å². The van der Waals surface area contributed by atoms with Gasteiger partial charge in [-0.1, -0.05) is 53.9 Å². The molecule has 0 radical (unpaired) electrons. The summed E-state index contributed by atoms with van der Waals surface area (Å²) in [5.74, 6) is 0.248. The quantitative estimate of drug-likeness (QED) is 0.288. The molecule has 2 heterocycles. The van der Waals surface area contributed by atoms with E-state index < -0.39 is 0 Å². The molecule has 0 atom stereocenters. The molecule has 2 aromatic carbocycles. The molecule has 0 bridgehead atoms. The summed E-state index contributed by atoms with van der Waals surface area (Å²) in [6.45, 7) is 4.17. The first-order valence-electron chi connectivity index (χ1n) is 9.07. The van der Waals surface area contributed by atoms with Crippen LogP contribution in [0.25, 0.3) is 10.2 Å². The predicted molar refractivity (Wildman–Crippen MR) is 123 cm³/mol. The molecule has 0 fully saturated rings. The van der Waals surface area contributed by atoms with Crippen molar-refractivity contribution in [1.82, 2.24) is 9.97 Å². The van der Waals surface area contributed by atoms with Crippen LogP contribution < -0.4 is 5.32 Å². The smallest absolute Gasteiger partial charge is 0.234 e. The fourth-order valence-corrected chi connectivity index (χ4v) is 5.69. The van der Waals surface area contributed by atoms with Crippen LogP contribution in [-0.2, 0) is 4.79 Å². The van der Waals surface area contributed by atoms with E-state index >= 15 is 0 Å². The number of anilines is 1. The molecule has 4 rings (SSSR count). The predicted octanol–water partition coefficient (Wildman–Crippen LogP) is 6.19. The van der Waals surface area contributed by atoms with Gasteiger partial charge in [-0.15, -0.1) is 11.3 Å².